The van der Waals surface area contributed by atoms with Gasteiger partial charge in [-0.1, -0.05) is 6.07 Å². The van der Waals surface area contributed by atoms with E-state index in [4.69, 9.17) is 0 Å². The summed E-state index contributed by atoms with van der Waals surface area (Å²) in [6, 6.07) is 5.82. The summed E-state index contributed by atoms with van der Waals surface area (Å²) < 4.78 is 0. The summed E-state index contributed by atoms with van der Waals surface area (Å²) in [6.45, 7) is 6.96. The molecule has 6 heteroatoms. The zero-order valence-corrected chi connectivity index (χ0v) is 16.8. The predicted molar refractivity (Wildman–Crippen MR) is 110 cm³/mol. The lowest BCUT2D eigenvalue weighted by Gasteiger charge is -2.27. The summed E-state index contributed by atoms with van der Waals surface area (Å²) in [7, 11) is 1.89. The normalized spacial score (nSPS) is 26.3. The van der Waals surface area contributed by atoms with Crippen molar-refractivity contribution in [1.82, 2.24) is 20.4 Å². The Bertz CT molecular complexity index is 577. The second-order valence-electron chi connectivity index (χ2n) is 7.99. The van der Waals surface area contributed by atoms with Crippen LogP contribution in [0.25, 0.3) is 0 Å². The Hall–Kier alpha value is -1.11. The van der Waals surface area contributed by atoms with Gasteiger partial charge in [0.05, 0.1) is 6.04 Å². The number of nitrogens with one attached hydrogen (secondary N) is 2. The average molecular weight is 376 g/mol. The molecule has 0 aromatic carbocycles. The van der Waals surface area contributed by atoms with Gasteiger partial charge in [-0.05, 0) is 69.1 Å². The Morgan fingerprint density at radius 3 is 2.77 bits per heavy atom. The van der Waals surface area contributed by atoms with E-state index in [9.17, 15) is 0 Å². The first-order valence-corrected chi connectivity index (χ1v) is 11.2. The van der Waals surface area contributed by atoms with Gasteiger partial charge in [-0.25, -0.2) is 0 Å². The Kier molecular flexibility index (Phi) is 6.12. The lowest BCUT2D eigenvalue weighted by molar-refractivity contribution is 0.249. The van der Waals surface area contributed by atoms with Crippen molar-refractivity contribution in [3.05, 3.63) is 22.4 Å². The highest BCUT2D eigenvalue weighted by Gasteiger charge is 2.34. The second kappa shape index (κ2) is 8.72. The molecule has 26 heavy (non-hydrogen) atoms. The van der Waals surface area contributed by atoms with E-state index in [1.54, 1.807) is 0 Å². The van der Waals surface area contributed by atoms with Gasteiger partial charge in [-0.15, -0.1) is 11.3 Å². The van der Waals surface area contributed by atoms with Crippen molar-refractivity contribution in [2.75, 3.05) is 46.3 Å². The molecule has 3 aliphatic rings. The molecule has 144 valence electrons. The molecule has 2 N–H and O–H groups in total. The molecule has 1 aliphatic carbocycles. The van der Waals surface area contributed by atoms with Crippen LogP contribution in [0.15, 0.2) is 22.5 Å². The first-order valence-electron chi connectivity index (χ1n) is 10.3. The van der Waals surface area contributed by atoms with Gasteiger partial charge >= 0.3 is 0 Å². The fourth-order valence-electron chi connectivity index (χ4n) is 4.40. The quantitative estimate of drug-likeness (QED) is 0.568. The van der Waals surface area contributed by atoms with E-state index >= 15 is 0 Å². The minimum Gasteiger partial charge on any atom is -0.356 e. The Balaban J connectivity index is 1.25. The Morgan fingerprint density at radius 1 is 1.23 bits per heavy atom. The van der Waals surface area contributed by atoms with Crippen LogP contribution in [0.2, 0.25) is 0 Å². The molecule has 5 nitrogen and oxygen atoms in total. The number of rotatable bonds is 7. The van der Waals surface area contributed by atoms with Crippen LogP contribution in [0.1, 0.15) is 43.0 Å². The van der Waals surface area contributed by atoms with Gasteiger partial charge < -0.3 is 15.5 Å². The summed E-state index contributed by atoms with van der Waals surface area (Å²) in [4.78, 5) is 11.2. The number of likely N-dealkylation sites (tertiary alicyclic amines) is 2. The van der Waals surface area contributed by atoms with Crippen molar-refractivity contribution in [3.8, 4) is 0 Å². The third kappa shape index (κ3) is 4.59. The first-order chi connectivity index (χ1) is 12.8. The lowest BCUT2D eigenvalue weighted by Crippen LogP contribution is -2.44. The number of guanidine groups is 1. The standard InChI is InChI=1S/C20H33N5S/c1-21-20(22-13-16-8-11-25(15-16)17-6-7-17)23-14-18(19-5-4-12-26-19)24-9-2-3-10-24/h4-5,12,16-18H,2-3,6-11,13-15H2,1H3,(H2,21,22,23). The highest BCUT2D eigenvalue weighted by atomic mass is 32.1. The van der Waals surface area contributed by atoms with E-state index in [1.165, 1.54) is 63.2 Å². The maximum Gasteiger partial charge on any atom is 0.191 e. The number of hydrogen-bond acceptors (Lipinski definition) is 4. The molecule has 0 amide bonds. The van der Waals surface area contributed by atoms with Gasteiger partial charge in [0.25, 0.3) is 0 Å². The highest BCUT2D eigenvalue weighted by Crippen LogP contribution is 2.31. The second-order valence-corrected chi connectivity index (χ2v) is 8.97. The summed E-state index contributed by atoms with van der Waals surface area (Å²) in [6.07, 6.45) is 6.82. The molecule has 2 atom stereocenters. The van der Waals surface area contributed by atoms with E-state index in [1.807, 2.05) is 18.4 Å². The van der Waals surface area contributed by atoms with Gasteiger partial charge in [0, 0.05) is 37.6 Å². The van der Waals surface area contributed by atoms with Crippen LogP contribution in [0.4, 0.5) is 0 Å². The van der Waals surface area contributed by atoms with Gasteiger partial charge in [-0.2, -0.15) is 0 Å². The minimum atomic E-state index is 0.466. The van der Waals surface area contributed by atoms with Crippen molar-refractivity contribution < 1.29 is 0 Å². The van der Waals surface area contributed by atoms with Crippen LogP contribution in [0.5, 0.6) is 0 Å². The maximum atomic E-state index is 4.46. The van der Waals surface area contributed by atoms with E-state index in [2.05, 4.69) is 42.9 Å². The molecule has 2 unspecified atom stereocenters. The van der Waals surface area contributed by atoms with Crippen LogP contribution in [0, 0.1) is 5.92 Å². The lowest BCUT2D eigenvalue weighted by atomic mass is 10.1. The monoisotopic (exact) mass is 375 g/mol. The van der Waals surface area contributed by atoms with Crippen LogP contribution in [-0.2, 0) is 0 Å². The SMILES string of the molecule is CN=C(NCC1CCN(C2CC2)C1)NCC(c1cccs1)N1CCCC1. The average Bonchev–Trinajstić information content (AvgIpc) is 3.12. The first kappa shape index (κ1) is 18.3. The Morgan fingerprint density at radius 2 is 2.08 bits per heavy atom. The molecular weight excluding hydrogens is 342 g/mol. The summed E-state index contributed by atoms with van der Waals surface area (Å²) >= 11 is 1.87. The predicted octanol–water partition coefficient (Wildman–Crippen LogP) is 2.53. The van der Waals surface area contributed by atoms with Gasteiger partial charge in [0.15, 0.2) is 5.96 Å². The summed E-state index contributed by atoms with van der Waals surface area (Å²) in [5, 5.41) is 9.37. The molecule has 3 heterocycles. The molecule has 0 spiro atoms. The van der Waals surface area contributed by atoms with Gasteiger partial charge in [-0.3, -0.25) is 9.89 Å². The van der Waals surface area contributed by atoms with Crippen molar-refractivity contribution >= 4 is 17.3 Å². The van der Waals surface area contributed by atoms with E-state index in [0.29, 0.717) is 6.04 Å². The molecule has 2 aliphatic heterocycles. The van der Waals surface area contributed by atoms with Crippen molar-refractivity contribution in [2.45, 2.75) is 44.2 Å². The molecule has 0 radical (unpaired) electrons. The van der Waals surface area contributed by atoms with E-state index in [-0.39, 0.29) is 0 Å². The van der Waals surface area contributed by atoms with E-state index < -0.39 is 0 Å². The highest BCUT2D eigenvalue weighted by molar-refractivity contribution is 7.10. The molecule has 0 bridgehead atoms. The van der Waals surface area contributed by atoms with Crippen LogP contribution in [0.3, 0.4) is 0 Å². The molecule has 1 aromatic heterocycles. The van der Waals surface area contributed by atoms with Gasteiger partial charge in [0.2, 0.25) is 0 Å². The fraction of sp³-hybridized carbons (Fsp3) is 0.750. The van der Waals surface area contributed by atoms with Crippen LogP contribution < -0.4 is 10.6 Å². The van der Waals surface area contributed by atoms with Crippen LogP contribution in [-0.4, -0.2) is 68.1 Å². The number of nitrogens with zero attached hydrogens (tertiary/aromatic N) is 3. The molecule has 3 fully saturated rings. The number of thiophene rings is 1. The van der Waals surface area contributed by atoms with Crippen LogP contribution >= 0.6 is 11.3 Å². The zero-order chi connectivity index (χ0) is 17.8. The third-order valence-corrected chi connectivity index (χ3v) is 7.05. The van der Waals surface area contributed by atoms with Crippen molar-refractivity contribution in [2.24, 2.45) is 10.9 Å². The third-order valence-electron chi connectivity index (χ3n) is 6.08. The van der Waals surface area contributed by atoms with Crippen molar-refractivity contribution in [3.63, 3.8) is 0 Å². The Labute approximate surface area is 161 Å². The molecule has 1 saturated carbocycles. The van der Waals surface area contributed by atoms with Crippen molar-refractivity contribution in [1.29, 1.82) is 0 Å². The fourth-order valence-corrected chi connectivity index (χ4v) is 5.26. The smallest absolute Gasteiger partial charge is 0.191 e. The number of hydrogen-bond donors (Lipinski definition) is 2. The molecule has 1 aromatic rings. The molecular formula is C20H33N5S. The zero-order valence-electron chi connectivity index (χ0n) is 16.0. The minimum absolute atomic E-state index is 0.466. The van der Waals surface area contributed by atoms with Gasteiger partial charge in [0.1, 0.15) is 0 Å². The summed E-state index contributed by atoms with van der Waals surface area (Å²) in [5.41, 5.74) is 0. The molecule has 4 rings (SSSR count). The summed E-state index contributed by atoms with van der Waals surface area (Å²) in [5.74, 6) is 1.72. The maximum absolute atomic E-state index is 4.46. The topological polar surface area (TPSA) is 42.9 Å². The largest absolute Gasteiger partial charge is 0.356 e. The molecule has 2 saturated heterocycles. The van der Waals surface area contributed by atoms with E-state index in [0.717, 1.165) is 31.0 Å². The number of aliphatic imine (C=N–C) groups is 1.